The fourth-order valence-electron chi connectivity index (χ4n) is 4.69. The first-order valence-electron chi connectivity index (χ1n) is 12.4. The number of aryl methyl sites for hydroxylation is 4. The van der Waals surface area contributed by atoms with Crippen LogP contribution in [0.25, 0.3) is 0 Å². The molecule has 0 amide bonds. The van der Waals surface area contributed by atoms with Gasteiger partial charge in [0.25, 0.3) is 0 Å². The lowest BCUT2D eigenvalue weighted by atomic mass is 10.1. The molecule has 0 aromatic heterocycles. The van der Waals surface area contributed by atoms with Crippen molar-refractivity contribution < 1.29 is 0 Å². The lowest BCUT2D eigenvalue weighted by Gasteiger charge is -2.39. The number of rotatable bonds is 3. The molecule has 10 heteroatoms. The van der Waals surface area contributed by atoms with E-state index in [0.29, 0.717) is 35.3 Å². The maximum absolute atomic E-state index is 6.76. The van der Waals surface area contributed by atoms with Gasteiger partial charge in [0.15, 0.2) is 0 Å². The molecule has 4 nitrogen and oxygen atoms in total. The molecule has 4 rings (SSSR count). The Morgan fingerprint density at radius 1 is 0.692 bits per heavy atom. The van der Waals surface area contributed by atoms with Crippen molar-refractivity contribution >= 4 is 92.7 Å². The zero-order chi connectivity index (χ0) is 28.6. The standard InChI is InChI=1S/C29H28Cl6N4/c1-15-12-18(4)28(20(30)13-15)37-29(21-22(31)24(33)26(35)25(34)23(21)32)39-11-7-10-38(14-39)19(5)36-27-16(2)8-6-9-17(27)3/h6,8-9,12-13H,7,10-11,14H2,1-5H3. The number of amidine groups is 2. The Labute approximate surface area is 260 Å². The van der Waals surface area contributed by atoms with Crippen LogP contribution in [0, 0.1) is 27.7 Å². The lowest BCUT2D eigenvalue weighted by Crippen LogP contribution is -2.49. The first kappa shape index (κ1) is 30.3. The van der Waals surface area contributed by atoms with Crippen LogP contribution in [-0.4, -0.2) is 41.2 Å². The molecule has 1 aliphatic rings. The van der Waals surface area contributed by atoms with Crippen LogP contribution in [0.3, 0.4) is 0 Å². The van der Waals surface area contributed by atoms with E-state index in [1.165, 1.54) is 0 Å². The normalized spacial score (nSPS) is 14.8. The van der Waals surface area contributed by atoms with Gasteiger partial charge in [0.2, 0.25) is 0 Å². The maximum atomic E-state index is 6.76. The number of nitrogens with zero attached hydrogens (tertiary/aromatic N) is 4. The summed E-state index contributed by atoms with van der Waals surface area (Å²) < 4.78 is 0. The molecule has 0 spiro atoms. The van der Waals surface area contributed by atoms with Gasteiger partial charge in [-0.15, -0.1) is 0 Å². The largest absolute Gasteiger partial charge is 0.342 e. The summed E-state index contributed by atoms with van der Waals surface area (Å²) in [7, 11) is 0. The second-order valence-electron chi connectivity index (χ2n) is 9.71. The summed E-state index contributed by atoms with van der Waals surface area (Å²) in [6.45, 7) is 12.1. The van der Waals surface area contributed by atoms with Gasteiger partial charge in [0.05, 0.1) is 53.7 Å². The van der Waals surface area contributed by atoms with Crippen LogP contribution in [0.15, 0.2) is 40.3 Å². The summed E-state index contributed by atoms with van der Waals surface area (Å²) in [5, 5.41) is 1.19. The highest BCUT2D eigenvalue weighted by molar-refractivity contribution is 6.56. The van der Waals surface area contributed by atoms with Gasteiger partial charge in [-0.1, -0.05) is 93.9 Å². The molecule has 1 saturated heterocycles. The van der Waals surface area contributed by atoms with Crippen molar-refractivity contribution in [3.63, 3.8) is 0 Å². The minimum Gasteiger partial charge on any atom is -0.342 e. The fraction of sp³-hybridized carbons (Fsp3) is 0.310. The molecule has 0 unspecified atom stereocenters. The number of halogens is 6. The van der Waals surface area contributed by atoms with Crippen LogP contribution < -0.4 is 0 Å². The molecule has 0 atom stereocenters. The predicted molar refractivity (Wildman–Crippen MR) is 170 cm³/mol. The highest BCUT2D eigenvalue weighted by Gasteiger charge is 2.29. The van der Waals surface area contributed by atoms with Gasteiger partial charge < -0.3 is 9.80 Å². The molecular weight excluding hydrogens is 617 g/mol. The van der Waals surface area contributed by atoms with E-state index in [-0.39, 0.29) is 25.1 Å². The van der Waals surface area contributed by atoms with Crippen molar-refractivity contribution in [3.8, 4) is 0 Å². The first-order chi connectivity index (χ1) is 18.4. The molecule has 206 valence electrons. The highest BCUT2D eigenvalue weighted by Crippen LogP contribution is 2.45. The van der Waals surface area contributed by atoms with Crippen molar-refractivity contribution in [2.75, 3.05) is 19.8 Å². The van der Waals surface area contributed by atoms with E-state index in [9.17, 15) is 0 Å². The van der Waals surface area contributed by atoms with E-state index in [2.05, 4.69) is 35.8 Å². The van der Waals surface area contributed by atoms with E-state index in [1.807, 2.05) is 39.0 Å². The molecule has 39 heavy (non-hydrogen) atoms. The van der Waals surface area contributed by atoms with Crippen LogP contribution in [0.2, 0.25) is 30.1 Å². The third kappa shape index (κ3) is 6.32. The Bertz CT molecular complexity index is 1430. The summed E-state index contributed by atoms with van der Waals surface area (Å²) in [5.74, 6) is 1.40. The Morgan fingerprint density at radius 2 is 1.26 bits per heavy atom. The topological polar surface area (TPSA) is 31.2 Å². The Hall–Kier alpha value is -1.66. The van der Waals surface area contributed by atoms with Gasteiger partial charge in [-0.2, -0.15) is 0 Å². The van der Waals surface area contributed by atoms with Crippen LogP contribution in [0.4, 0.5) is 11.4 Å². The highest BCUT2D eigenvalue weighted by atomic mass is 35.5. The molecule has 1 fully saturated rings. The molecule has 0 N–H and O–H groups in total. The van der Waals surface area contributed by atoms with Crippen LogP contribution in [0.5, 0.6) is 0 Å². The van der Waals surface area contributed by atoms with Crippen molar-refractivity contribution in [3.05, 3.63) is 88.3 Å². The van der Waals surface area contributed by atoms with Gasteiger partial charge in [-0.05, 0) is 69.4 Å². The van der Waals surface area contributed by atoms with Crippen LogP contribution >= 0.6 is 69.6 Å². The quantitative estimate of drug-likeness (QED) is 0.123. The lowest BCUT2D eigenvalue weighted by molar-refractivity contribution is 0.213. The van der Waals surface area contributed by atoms with Crippen molar-refractivity contribution in [2.45, 2.75) is 41.0 Å². The summed E-state index contributed by atoms with van der Waals surface area (Å²) in [6, 6.07) is 10.1. The Balaban J connectivity index is 1.85. The van der Waals surface area contributed by atoms with Crippen molar-refractivity contribution in [1.82, 2.24) is 9.80 Å². The second kappa shape index (κ2) is 12.5. The average Bonchev–Trinajstić information content (AvgIpc) is 2.89. The SMILES string of the molecule is CC(=Nc1c(C)cccc1C)N1CCCN(C(=Nc2c(C)cc(C)cc2Cl)c2c(Cl)c(Cl)c(Cl)c(Cl)c2Cl)C1. The number of aliphatic imine (C=N–C) groups is 2. The first-order valence-corrected chi connectivity index (χ1v) is 14.7. The molecule has 3 aromatic rings. The number of hydrogen-bond acceptors (Lipinski definition) is 2. The monoisotopic (exact) mass is 642 g/mol. The van der Waals surface area contributed by atoms with Gasteiger partial charge in [-0.25, -0.2) is 9.98 Å². The summed E-state index contributed by atoms with van der Waals surface area (Å²) >= 11 is 39.5. The fourth-order valence-corrected chi connectivity index (χ4v) is 6.36. The molecule has 1 aliphatic heterocycles. The minimum atomic E-state index is 0.0952. The Kier molecular flexibility index (Phi) is 9.69. The van der Waals surface area contributed by atoms with Gasteiger partial charge >= 0.3 is 0 Å². The molecule has 0 radical (unpaired) electrons. The maximum Gasteiger partial charge on any atom is 0.141 e. The third-order valence-electron chi connectivity index (χ3n) is 6.72. The zero-order valence-electron chi connectivity index (χ0n) is 22.3. The van der Waals surface area contributed by atoms with Gasteiger partial charge in [0.1, 0.15) is 11.7 Å². The van der Waals surface area contributed by atoms with Gasteiger partial charge in [-0.3, -0.25) is 0 Å². The number of para-hydroxylation sites is 1. The van der Waals surface area contributed by atoms with E-state index in [0.717, 1.165) is 46.7 Å². The van der Waals surface area contributed by atoms with E-state index in [4.69, 9.17) is 79.6 Å². The average molecular weight is 645 g/mol. The van der Waals surface area contributed by atoms with Crippen LogP contribution in [-0.2, 0) is 0 Å². The molecule has 1 heterocycles. The number of benzene rings is 3. The third-order valence-corrected chi connectivity index (χ3v) is 9.28. The van der Waals surface area contributed by atoms with Crippen molar-refractivity contribution in [2.24, 2.45) is 9.98 Å². The zero-order valence-corrected chi connectivity index (χ0v) is 26.8. The molecule has 0 aliphatic carbocycles. The second-order valence-corrected chi connectivity index (χ2v) is 12.0. The van der Waals surface area contributed by atoms with E-state index < -0.39 is 0 Å². The van der Waals surface area contributed by atoms with E-state index >= 15 is 0 Å². The summed E-state index contributed by atoms with van der Waals surface area (Å²) in [4.78, 5) is 14.3. The predicted octanol–water partition coefficient (Wildman–Crippen LogP) is 10.6. The Morgan fingerprint density at radius 3 is 1.85 bits per heavy atom. The summed E-state index contributed by atoms with van der Waals surface area (Å²) in [5.41, 5.74) is 6.19. The smallest absolute Gasteiger partial charge is 0.141 e. The molecule has 0 saturated carbocycles. The summed E-state index contributed by atoms with van der Waals surface area (Å²) in [6.07, 6.45) is 0.851. The van der Waals surface area contributed by atoms with Crippen molar-refractivity contribution in [1.29, 1.82) is 0 Å². The minimum absolute atomic E-state index is 0.0952. The van der Waals surface area contributed by atoms with Crippen LogP contribution in [0.1, 0.15) is 41.2 Å². The molecule has 3 aromatic carbocycles. The molecule has 0 bridgehead atoms. The number of hydrogen-bond donors (Lipinski definition) is 0. The van der Waals surface area contributed by atoms with Gasteiger partial charge in [0, 0.05) is 13.1 Å². The molecular formula is C29H28Cl6N4. The van der Waals surface area contributed by atoms with E-state index in [1.54, 1.807) is 0 Å².